The van der Waals surface area contributed by atoms with E-state index < -0.39 is 10.0 Å². The van der Waals surface area contributed by atoms with Gasteiger partial charge in [0.25, 0.3) is 10.0 Å². The fourth-order valence-electron chi connectivity index (χ4n) is 2.34. The summed E-state index contributed by atoms with van der Waals surface area (Å²) in [4.78, 5) is 4.12. The molecule has 3 rings (SSSR count). The largest absolute Gasteiger partial charge is 0.399 e. The number of hydrogen-bond acceptors (Lipinski definition) is 4. The first-order valence-electron chi connectivity index (χ1n) is 6.25. The Morgan fingerprint density at radius 1 is 1.25 bits per heavy atom. The van der Waals surface area contributed by atoms with Crippen LogP contribution in [0.1, 0.15) is 17.0 Å². The first-order chi connectivity index (χ1) is 9.38. The van der Waals surface area contributed by atoms with Crippen molar-refractivity contribution in [3.8, 4) is 0 Å². The predicted molar refractivity (Wildman–Crippen MR) is 75.2 cm³/mol. The molecule has 0 saturated heterocycles. The molecule has 0 unspecified atom stereocenters. The molecule has 2 N–H and O–H groups in total. The van der Waals surface area contributed by atoms with Crippen molar-refractivity contribution >= 4 is 15.7 Å². The van der Waals surface area contributed by atoms with Crippen LogP contribution in [0.25, 0.3) is 0 Å². The number of rotatable bonds is 2. The highest BCUT2D eigenvalue weighted by Crippen LogP contribution is 2.29. The maximum absolute atomic E-state index is 12.6. The molecule has 0 bridgehead atoms. The Hall–Kier alpha value is -1.86. The zero-order valence-electron chi connectivity index (χ0n) is 11.4. The van der Waals surface area contributed by atoms with E-state index in [2.05, 4.69) is 4.98 Å². The van der Waals surface area contributed by atoms with E-state index >= 15 is 0 Å². The highest BCUT2D eigenvalue weighted by molar-refractivity contribution is 7.89. The average Bonchev–Trinajstić information content (AvgIpc) is 2.94. The van der Waals surface area contributed by atoms with E-state index in [1.165, 1.54) is 4.31 Å². The van der Waals surface area contributed by atoms with Crippen molar-refractivity contribution in [1.82, 2.24) is 13.9 Å². The third-order valence-corrected chi connectivity index (χ3v) is 5.28. The van der Waals surface area contributed by atoms with Crippen molar-refractivity contribution in [3.63, 3.8) is 0 Å². The molecule has 1 aliphatic heterocycles. The molecular formula is C13H16N4O2S. The lowest BCUT2D eigenvalue weighted by Gasteiger charge is -2.13. The fraction of sp³-hybridized carbons (Fsp3) is 0.308. The smallest absolute Gasteiger partial charge is 0.262 e. The van der Waals surface area contributed by atoms with Gasteiger partial charge in [-0.3, -0.25) is 0 Å². The van der Waals surface area contributed by atoms with Crippen molar-refractivity contribution in [2.24, 2.45) is 7.05 Å². The minimum Gasteiger partial charge on any atom is -0.399 e. The maximum atomic E-state index is 12.6. The van der Waals surface area contributed by atoms with Gasteiger partial charge in [-0.25, -0.2) is 13.4 Å². The highest BCUT2D eigenvalue weighted by atomic mass is 32.2. The Balaban J connectivity index is 1.95. The number of hydrogen-bond donors (Lipinski definition) is 1. The molecule has 1 aromatic carbocycles. The summed E-state index contributed by atoms with van der Waals surface area (Å²) < 4.78 is 28.3. The molecule has 7 heteroatoms. The average molecular weight is 292 g/mol. The predicted octanol–water partition coefficient (Wildman–Crippen LogP) is 1.02. The van der Waals surface area contributed by atoms with Crippen LogP contribution < -0.4 is 5.73 Å². The van der Waals surface area contributed by atoms with Gasteiger partial charge in [0.15, 0.2) is 5.03 Å². The van der Waals surface area contributed by atoms with E-state index in [0.29, 0.717) is 24.6 Å². The quantitative estimate of drug-likeness (QED) is 0.838. The molecule has 1 aromatic heterocycles. The number of nitrogens with zero attached hydrogens (tertiary/aromatic N) is 3. The zero-order valence-corrected chi connectivity index (χ0v) is 12.2. The van der Waals surface area contributed by atoms with E-state index in [1.54, 1.807) is 30.8 Å². The maximum Gasteiger partial charge on any atom is 0.262 e. The molecule has 0 atom stereocenters. The molecule has 20 heavy (non-hydrogen) atoms. The summed E-state index contributed by atoms with van der Waals surface area (Å²) in [5, 5.41) is 0.0956. The summed E-state index contributed by atoms with van der Waals surface area (Å²) in [6, 6.07) is 5.50. The van der Waals surface area contributed by atoms with E-state index in [4.69, 9.17) is 5.73 Å². The molecule has 0 fully saturated rings. The van der Waals surface area contributed by atoms with Crippen LogP contribution in [0.3, 0.4) is 0 Å². The fourth-order valence-corrected chi connectivity index (χ4v) is 3.76. The Morgan fingerprint density at radius 3 is 2.60 bits per heavy atom. The van der Waals surface area contributed by atoms with Crippen LogP contribution in [0.15, 0.2) is 29.4 Å². The van der Waals surface area contributed by atoms with Gasteiger partial charge in [0, 0.05) is 32.0 Å². The summed E-state index contributed by atoms with van der Waals surface area (Å²) >= 11 is 0. The van der Waals surface area contributed by atoms with Crippen LogP contribution >= 0.6 is 0 Å². The van der Waals surface area contributed by atoms with Gasteiger partial charge in [-0.2, -0.15) is 4.31 Å². The first-order valence-corrected chi connectivity index (χ1v) is 7.69. The van der Waals surface area contributed by atoms with Gasteiger partial charge >= 0.3 is 0 Å². The molecule has 2 heterocycles. The van der Waals surface area contributed by atoms with Gasteiger partial charge < -0.3 is 10.3 Å². The van der Waals surface area contributed by atoms with E-state index in [9.17, 15) is 8.42 Å². The lowest BCUT2D eigenvalue weighted by Crippen LogP contribution is -2.26. The van der Waals surface area contributed by atoms with Crippen LogP contribution in [0.2, 0.25) is 0 Å². The second kappa shape index (κ2) is 4.32. The molecule has 1 aliphatic rings. The topological polar surface area (TPSA) is 81.2 Å². The van der Waals surface area contributed by atoms with E-state index in [1.807, 2.05) is 12.1 Å². The number of nitrogens with two attached hydrogens (primary N) is 1. The lowest BCUT2D eigenvalue weighted by atomic mass is 10.1. The third kappa shape index (κ3) is 1.99. The SMILES string of the molecule is Cc1nc(S(=O)(=O)N2Cc3ccc(N)cc3C2)cn1C. The number of aryl methyl sites for hydroxylation is 2. The van der Waals surface area contributed by atoms with Crippen LogP contribution in [0, 0.1) is 6.92 Å². The minimum absolute atomic E-state index is 0.0956. The number of anilines is 1. The van der Waals surface area contributed by atoms with Gasteiger partial charge in [-0.15, -0.1) is 0 Å². The van der Waals surface area contributed by atoms with E-state index in [0.717, 1.165) is 11.1 Å². The number of sulfonamides is 1. The van der Waals surface area contributed by atoms with E-state index in [-0.39, 0.29) is 5.03 Å². The second-order valence-electron chi connectivity index (χ2n) is 5.04. The van der Waals surface area contributed by atoms with Crippen LogP contribution in [-0.4, -0.2) is 22.3 Å². The third-order valence-electron chi connectivity index (χ3n) is 3.61. The molecule has 6 nitrogen and oxygen atoms in total. The van der Waals surface area contributed by atoms with Crippen molar-refractivity contribution < 1.29 is 8.42 Å². The first kappa shape index (κ1) is 13.1. The number of fused-ring (bicyclic) bond motifs is 1. The van der Waals surface area contributed by atoms with Gasteiger partial charge in [-0.1, -0.05) is 6.07 Å². The summed E-state index contributed by atoms with van der Waals surface area (Å²) in [6.07, 6.45) is 1.54. The number of imidazole rings is 1. The normalized spacial score (nSPS) is 15.5. The molecule has 0 spiro atoms. The zero-order chi connectivity index (χ0) is 14.5. The van der Waals surface area contributed by atoms with Crippen molar-refractivity contribution in [2.75, 3.05) is 5.73 Å². The van der Waals surface area contributed by atoms with Gasteiger partial charge in [0.05, 0.1) is 0 Å². The van der Waals surface area contributed by atoms with Crippen LogP contribution in [-0.2, 0) is 30.2 Å². The van der Waals surface area contributed by atoms with Crippen molar-refractivity contribution in [2.45, 2.75) is 25.0 Å². The van der Waals surface area contributed by atoms with Gasteiger partial charge in [0.1, 0.15) is 5.82 Å². The molecule has 0 saturated carbocycles. The second-order valence-corrected chi connectivity index (χ2v) is 6.92. The summed E-state index contributed by atoms with van der Waals surface area (Å²) in [6.45, 7) is 2.49. The lowest BCUT2D eigenvalue weighted by molar-refractivity contribution is 0.429. The Morgan fingerprint density at radius 2 is 1.95 bits per heavy atom. The van der Waals surface area contributed by atoms with Crippen molar-refractivity contribution in [3.05, 3.63) is 41.3 Å². The molecule has 2 aromatic rings. The summed E-state index contributed by atoms with van der Waals surface area (Å²) in [5.74, 6) is 0.671. The standard InChI is InChI=1S/C13H16N4O2S/c1-9-15-13(8-16(9)2)20(18,19)17-6-10-3-4-12(14)5-11(10)7-17/h3-5,8H,6-7,14H2,1-2H3. The Kier molecular flexibility index (Phi) is 2.84. The Labute approximate surface area is 117 Å². The summed E-state index contributed by atoms with van der Waals surface area (Å²) in [5.41, 5.74) is 8.34. The minimum atomic E-state index is -3.56. The van der Waals surface area contributed by atoms with Gasteiger partial charge in [-0.05, 0) is 30.2 Å². The Bertz CT molecular complexity index is 760. The molecule has 0 aliphatic carbocycles. The van der Waals surface area contributed by atoms with Crippen LogP contribution in [0.5, 0.6) is 0 Å². The van der Waals surface area contributed by atoms with Gasteiger partial charge in [0.2, 0.25) is 0 Å². The monoisotopic (exact) mass is 292 g/mol. The number of aromatic nitrogens is 2. The number of nitrogen functional groups attached to an aromatic ring is 1. The highest BCUT2D eigenvalue weighted by Gasteiger charge is 2.32. The van der Waals surface area contributed by atoms with Crippen LogP contribution in [0.4, 0.5) is 5.69 Å². The molecule has 0 radical (unpaired) electrons. The van der Waals surface area contributed by atoms with Crippen molar-refractivity contribution in [1.29, 1.82) is 0 Å². The summed E-state index contributed by atoms with van der Waals surface area (Å²) in [7, 11) is -1.78. The number of benzene rings is 1. The molecule has 106 valence electrons. The molecule has 0 amide bonds. The molecular weight excluding hydrogens is 276 g/mol.